The summed E-state index contributed by atoms with van der Waals surface area (Å²) in [4.78, 5) is 33.0. The average molecular weight is 441 g/mol. The number of hydrogen-bond acceptors (Lipinski definition) is 8. The third-order valence-electron chi connectivity index (χ3n) is 5.80. The van der Waals surface area contributed by atoms with Crippen LogP contribution in [-0.2, 0) is 4.79 Å². The number of carbonyl (C=O) groups is 1. The SMILES string of the molecule is COc1cncc2nc(-c3ccncc3)nc(N3CCC(N)(C(=O)Nc4ccccc4)C3)c12. The maximum Gasteiger partial charge on any atom is 0.246 e. The van der Waals surface area contributed by atoms with Crippen LogP contribution >= 0.6 is 0 Å². The van der Waals surface area contributed by atoms with Gasteiger partial charge in [-0.25, -0.2) is 9.97 Å². The predicted molar refractivity (Wildman–Crippen MR) is 126 cm³/mol. The standard InChI is InChI=1S/C24H23N7O2/c1-33-19-14-27-13-18-20(19)22(30-21(29-18)16-7-10-26-11-8-16)31-12-9-24(25,15-31)23(32)28-17-5-3-2-4-6-17/h2-8,10-11,13-14H,9,12,15,25H2,1H3,(H,28,32). The molecule has 5 rings (SSSR count). The van der Waals surface area contributed by atoms with E-state index >= 15 is 0 Å². The molecule has 4 aromatic rings. The molecule has 9 nitrogen and oxygen atoms in total. The van der Waals surface area contributed by atoms with E-state index in [1.165, 1.54) is 0 Å². The van der Waals surface area contributed by atoms with Gasteiger partial charge >= 0.3 is 0 Å². The second kappa shape index (κ2) is 8.44. The number of hydrogen-bond donors (Lipinski definition) is 2. The van der Waals surface area contributed by atoms with Gasteiger partial charge in [-0.1, -0.05) is 18.2 Å². The molecule has 3 N–H and O–H groups in total. The van der Waals surface area contributed by atoms with Gasteiger partial charge in [-0.3, -0.25) is 14.8 Å². The molecule has 4 heterocycles. The molecule has 1 saturated heterocycles. The first-order valence-electron chi connectivity index (χ1n) is 10.6. The zero-order valence-electron chi connectivity index (χ0n) is 18.1. The highest BCUT2D eigenvalue weighted by molar-refractivity contribution is 6.00. The Hall–Kier alpha value is -4.11. The fourth-order valence-corrected chi connectivity index (χ4v) is 4.03. The Kier molecular flexibility index (Phi) is 5.31. The average Bonchev–Trinajstić information content (AvgIpc) is 3.27. The van der Waals surface area contributed by atoms with Gasteiger partial charge in [0, 0.05) is 36.7 Å². The number of nitrogens with one attached hydrogen (secondary N) is 1. The van der Waals surface area contributed by atoms with Gasteiger partial charge in [0.15, 0.2) is 5.82 Å². The molecule has 166 valence electrons. The molecule has 0 aliphatic carbocycles. The van der Waals surface area contributed by atoms with Crippen LogP contribution in [0.25, 0.3) is 22.3 Å². The number of nitrogens with zero attached hydrogens (tertiary/aromatic N) is 5. The lowest BCUT2D eigenvalue weighted by Crippen LogP contribution is -2.53. The second-order valence-electron chi connectivity index (χ2n) is 7.99. The van der Waals surface area contributed by atoms with E-state index in [2.05, 4.69) is 15.3 Å². The second-order valence-corrected chi connectivity index (χ2v) is 7.99. The smallest absolute Gasteiger partial charge is 0.246 e. The summed E-state index contributed by atoms with van der Waals surface area (Å²) in [6, 6.07) is 13.0. The number of amides is 1. The highest BCUT2D eigenvalue weighted by atomic mass is 16.5. The van der Waals surface area contributed by atoms with Crippen LogP contribution in [0.1, 0.15) is 6.42 Å². The van der Waals surface area contributed by atoms with Gasteiger partial charge in [0.2, 0.25) is 5.91 Å². The number of pyridine rings is 2. The molecule has 1 fully saturated rings. The van der Waals surface area contributed by atoms with Crippen molar-refractivity contribution in [3.8, 4) is 17.1 Å². The van der Waals surface area contributed by atoms with Gasteiger partial charge in [-0.15, -0.1) is 0 Å². The topological polar surface area (TPSA) is 119 Å². The molecule has 1 aromatic carbocycles. The number of benzene rings is 1. The molecule has 1 atom stereocenters. The largest absolute Gasteiger partial charge is 0.494 e. The lowest BCUT2D eigenvalue weighted by molar-refractivity contribution is -0.120. The number of aromatic nitrogens is 4. The molecule has 1 aliphatic rings. The van der Waals surface area contributed by atoms with E-state index in [-0.39, 0.29) is 5.91 Å². The summed E-state index contributed by atoms with van der Waals surface area (Å²) in [6.45, 7) is 0.866. The normalized spacial score (nSPS) is 17.8. The van der Waals surface area contributed by atoms with E-state index in [9.17, 15) is 4.79 Å². The van der Waals surface area contributed by atoms with Gasteiger partial charge in [-0.2, -0.15) is 0 Å². The summed E-state index contributed by atoms with van der Waals surface area (Å²) < 4.78 is 5.56. The van der Waals surface area contributed by atoms with Gasteiger partial charge in [0.25, 0.3) is 0 Å². The summed E-state index contributed by atoms with van der Waals surface area (Å²) in [5.41, 5.74) is 7.72. The summed E-state index contributed by atoms with van der Waals surface area (Å²) in [6.07, 6.45) is 7.19. The fourth-order valence-electron chi connectivity index (χ4n) is 4.03. The maximum atomic E-state index is 13.1. The van der Waals surface area contributed by atoms with E-state index in [1.54, 1.807) is 31.9 Å². The first kappa shape index (κ1) is 20.8. The molecule has 33 heavy (non-hydrogen) atoms. The quantitative estimate of drug-likeness (QED) is 0.485. The molecule has 9 heteroatoms. The molecular weight excluding hydrogens is 418 g/mol. The minimum Gasteiger partial charge on any atom is -0.494 e. The van der Waals surface area contributed by atoms with Crippen molar-refractivity contribution in [3.05, 3.63) is 67.3 Å². The van der Waals surface area contributed by atoms with E-state index in [1.807, 2.05) is 47.4 Å². The number of rotatable bonds is 5. The molecule has 0 spiro atoms. The highest BCUT2D eigenvalue weighted by Gasteiger charge is 2.42. The third kappa shape index (κ3) is 3.94. The molecule has 1 unspecified atom stereocenters. The molecule has 0 radical (unpaired) electrons. The minimum atomic E-state index is -1.07. The van der Waals surface area contributed by atoms with Crippen LogP contribution in [0.4, 0.5) is 11.5 Å². The Morgan fingerprint density at radius 2 is 1.88 bits per heavy atom. The molecular formula is C24H23N7O2. The summed E-state index contributed by atoms with van der Waals surface area (Å²) in [7, 11) is 1.58. The van der Waals surface area contributed by atoms with Gasteiger partial charge in [0.1, 0.15) is 17.1 Å². The monoisotopic (exact) mass is 441 g/mol. The van der Waals surface area contributed by atoms with E-state index in [0.29, 0.717) is 48.1 Å². The van der Waals surface area contributed by atoms with Crippen LogP contribution in [0.3, 0.4) is 0 Å². The van der Waals surface area contributed by atoms with Crippen molar-refractivity contribution in [1.29, 1.82) is 0 Å². The Bertz CT molecular complexity index is 1300. The number of anilines is 2. The van der Waals surface area contributed by atoms with Gasteiger partial charge < -0.3 is 20.7 Å². The molecule has 3 aromatic heterocycles. The lowest BCUT2D eigenvalue weighted by Gasteiger charge is -2.25. The summed E-state index contributed by atoms with van der Waals surface area (Å²) in [5.74, 6) is 1.54. The first-order chi connectivity index (χ1) is 16.1. The summed E-state index contributed by atoms with van der Waals surface area (Å²) >= 11 is 0. The van der Waals surface area contributed by atoms with Crippen molar-refractivity contribution in [1.82, 2.24) is 19.9 Å². The number of ether oxygens (including phenoxy) is 1. The molecule has 1 aliphatic heterocycles. The number of fused-ring (bicyclic) bond motifs is 1. The van der Waals surface area contributed by atoms with Crippen LogP contribution in [0.2, 0.25) is 0 Å². The van der Waals surface area contributed by atoms with Crippen molar-refractivity contribution in [2.45, 2.75) is 12.0 Å². The zero-order chi connectivity index (χ0) is 22.8. The van der Waals surface area contributed by atoms with Crippen molar-refractivity contribution in [3.63, 3.8) is 0 Å². The summed E-state index contributed by atoms with van der Waals surface area (Å²) in [5, 5.41) is 3.66. The highest BCUT2D eigenvalue weighted by Crippen LogP contribution is 2.36. The Morgan fingerprint density at radius 1 is 1.09 bits per heavy atom. The van der Waals surface area contributed by atoms with Crippen molar-refractivity contribution in [2.24, 2.45) is 5.73 Å². The lowest BCUT2D eigenvalue weighted by atomic mass is 9.99. The maximum absolute atomic E-state index is 13.1. The van der Waals surface area contributed by atoms with Crippen molar-refractivity contribution in [2.75, 3.05) is 30.4 Å². The number of carbonyl (C=O) groups excluding carboxylic acids is 1. The Labute approximate surface area is 190 Å². The van der Waals surface area contributed by atoms with Crippen LogP contribution in [0.15, 0.2) is 67.3 Å². The van der Waals surface area contributed by atoms with Crippen LogP contribution < -0.4 is 20.7 Å². The Balaban J connectivity index is 1.53. The van der Waals surface area contributed by atoms with Crippen molar-refractivity contribution >= 4 is 28.3 Å². The van der Waals surface area contributed by atoms with Gasteiger partial charge in [-0.05, 0) is 30.7 Å². The fraction of sp³-hybridized carbons (Fsp3) is 0.208. The van der Waals surface area contributed by atoms with Crippen LogP contribution in [0, 0.1) is 0 Å². The molecule has 0 saturated carbocycles. The van der Waals surface area contributed by atoms with Crippen molar-refractivity contribution < 1.29 is 9.53 Å². The van der Waals surface area contributed by atoms with Crippen LogP contribution in [0.5, 0.6) is 5.75 Å². The van der Waals surface area contributed by atoms with E-state index < -0.39 is 5.54 Å². The molecule has 1 amide bonds. The van der Waals surface area contributed by atoms with Gasteiger partial charge in [0.05, 0.1) is 30.4 Å². The van der Waals surface area contributed by atoms with Crippen LogP contribution in [-0.4, -0.2) is 51.6 Å². The first-order valence-corrected chi connectivity index (χ1v) is 10.6. The number of nitrogens with two attached hydrogens (primary N) is 1. The van der Waals surface area contributed by atoms with E-state index in [0.717, 1.165) is 10.9 Å². The van der Waals surface area contributed by atoms with E-state index in [4.69, 9.17) is 20.4 Å². The predicted octanol–water partition coefficient (Wildman–Crippen LogP) is 2.64. The third-order valence-corrected chi connectivity index (χ3v) is 5.80. The number of para-hydroxylation sites is 1. The Morgan fingerprint density at radius 3 is 2.64 bits per heavy atom. The molecule has 0 bridgehead atoms. The minimum absolute atomic E-state index is 0.224. The zero-order valence-corrected chi connectivity index (χ0v) is 18.1. The number of methoxy groups -OCH3 is 1.